The third-order valence-electron chi connectivity index (χ3n) is 14.1. The molecule has 18 unspecified atom stereocenters. The Kier molecular flexibility index (Phi) is 9.24. The van der Waals surface area contributed by atoms with Gasteiger partial charge in [-0.05, 0) is 85.2 Å². The molecule has 0 aromatic rings. The maximum atomic E-state index is 12.5. The van der Waals surface area contributed by atoms with Gasteiger partial charge < -0.3 is 54.3 Å². The molecule has 0 bridgehead atoms. The van der Waals surface area contributed by atoms with Gasteiger partial charge in [-0.25, -0.2) is 0 Å². The lowest BCUT2D eigenvalue weighted by molar-refractivity contribution is -0.314. The van der Waals surface area contributed by atoms with Gasteiger partial charge in [0.1, 0.15) is 42.2 Å². The van der Waals surface area contributed by atoms with Gasteiger partial charge in [-0.1, -0.05) is 39.8 Å². The number of hydrogen-bond donors (Lipinski definition) is 6. The van der Waals surface area contributed by atoms with Crippen LogP contribution in [0.25, 0.3) is 0 Å². The van der Waals surface area contributed by atoms with E-state index < -0.39 is 79.5 Å². The fraction of sp³-hybridized carbons (Fsp3) is 0.865. The van der Waals surface area contributed by atoms with Gasteiger partial charge in [0.05, 0.1) is 24.9 Å². The molecule has 0 radical (unpaired) electrons. The number of fused-ring (bicyclic) bond motifs is 6. The number of allylic oxidation sites excluding steroid dienone is 4. The highest BCUT2D eigenvalue weighted by atomic mass is 16.7. The molecule has 7 aliphatic rings. The van der Waals surface area contributed by atoms with E-state index in [9.17, 15) is 35.4 Å². The number of rotatable bonds is 6. The lowest BCUT2D eigenvalue weighted by Crippen LogP contribution is -2.60. The van der Waals surface area contributed by atoms with Gasteiger partial charge in [-0.3, -0.25) is 4.79 Å². The lowest BCUT2D eigenvalue weighted by Gasteiger charge is -2.54. The first kappa shape index (κ1) is 35.9. The molecule has 3 aliphatic heterocycles. The van der Waals surface area contributed by atoms with E-state index in [4.69, 9.17) is 23.7 Å². The van der Waals surface area contributed by atoms with Crippen LogP contribution < -0.4 is 0 Å². The molecule has 5 fully saturated rings. The van der Waals surface area contributed by atoms with Crippen LogP contribution in [-0.4, -0.2) is 116 Å². The van der Waals surface area contributed by atoms with Crippen LogP contribution in [0.15, 0.2) is 23.3 Å². The Labute approximate surface area is 288 Å². The summed E-state index contributed by atoms with van der Waals surface area (Å²) in [5.74, 6) is -0.936. The van der Waals surface area contributed by atoms with Gasteiger partial charge in [0.15, 0.2) is 12.6 Å². The summed E-state index contributed by atoms with van der Waals surface area (Å²) in [5.41, 5.74) is 0.855. The molecule has 2 saturated carbocycles. The summed E-state index contributed by atoms with van der Waals surface area (Å²) < 4.78 is 30.5. The molecule has 18 atom stereocenters. The minimum absolute atomic E-state index is 0.0803. The molecule has 49 heavy (non-hydrogen) atoms. The zero-order chi connectivity index (χ0) is 35.4. The fourth-order valence-electron chi connectivity index (χ4n) is 11.3. The van der Waals surface area contributed by atoms with Crippen LogP contribution in [0.1, 0.15) is 80.1 Å². The molecule has 0 spiro atoms. The van der Waals surface area contributed by atoms with Crippen LogP contribution >= 0.6 is 0 Å². The van der Waals surface area contributed by atoms with Crippen molar-refractivity contribution in [1.29, 1.82) is 0 Å². The molecule has 4 aliphatic carbocycles. The topological polar surface area (TPSA) is 185 Å². The van der Waals surface area contributed by atoms with Gasteiger partial charge in [0.25, 0.3) is 0 Å². The first-order chi connectivity index (χ1) is 23.1. The normalized spacial score (nSPS) is 53.7. The highest BCUT2D eigenvalue weighted by molar-refractivity contribution is 5.66. The monoisotopic (exact) mass is 692 g/mol. The maximum absolute atomic E-state index is 12.5. The van der Waals surface area contributed by atoms with E-state index in [-0.39, 0.29) is 46.6 Å². The summed E-state index contributed by atoms with van der Waals surface area (Å²) in [6, 6.07) is 0. The smallest absolute Gasteiger partial charge is 0.302 e. The van der Waals surface area contributed by atoms with Crippen LogP contribution in [0.4, 0.5) is 0 Å². The largest absolute Gasteiger partial charge is 0.462 e. The van der Waals surface area contributed by atoms with Crippen molar-refractivity contribution in [2.45, 2.75) is 153 Å². The number of esters is 1. The second-order valence-corrected chi connectivity index (χ2v) is 16.8. The molecule has 0 aromatic heterocycles. The van der Waals surface area contributed by atoms with E-state index in [1.54, 1.807) is 0 Å². The first-order valence-corrected chi connectivity index (χ1v) is 18.3. The van der Waals surface area contributed by atoms with E-state index in [0.717, 1.165) is 25.7 Å². The van der Waals surface area contributed by atoms with Gasteiger partial charge in [0, 0.05) is 18.8 Å². The standard InChI is InChI=1S/C37H56O12/c1-16(2)37(44)17(3)45-31-26(33(43)49-32(31)37)27-24(46-18(4)39)14-23-21-8-7-19-13-20(9-11-35(19,5)22(21)10-12-36(23,27)6)47-34-30(42)29(41)28(40)25(15-38)48-34/h8,10,16-17,19-20,23-34,38,40-44H,7,9,11-15H2,1-6H3. The Bertz CT molecular complexity index is 1350. The van der Waals surface area contributed by atoms with Crippen molar-refractivity contribution in [2.75, 3.05) is 6.61 Å². The number of aliphatic hydroxyl groups is 6. The van der Waals surface area contributed by atoms with Crippen LogP contribution in [0, 0.1) is 40.4 Å². The average Bonchev–Trinajstić information content (AvgIpc) is 3.61. The van der Waals surface area contributed by atoms with Crippen molar-refractivity contribution in [3.05, 3.63) is 23.3 Å². The predicted octanol–water partition coefficient (Wildman–Crippen LogP) is 1.72. The first-order valence-electron chi connectivity index (χ1n) is 18.3. The van der Waals surface area contributed by atoms with Crippen LogP contribution in [0.5, 0.6) is 0 Å². The molecule has 3 saturated heterocycles. The molecule has 6 N–H and O–H groups in total. The Hall–Kier alpha value is -1.45. The Morgan fingerprint density at radius 1 is 1.04 bits per heavy atom. The van der Waals surface area contributed by atoms with Crippen molar-refractivity contribution >= 4 is 5.97 Å². The van der Waals surface area contributed by atoms with Gasteiger partial charge in [-0.2, -0.15) is 0 Å². The Morgan fingerprint density at radius 2 is 1.78 bits per heavy atom. The summed E-state index contributed by atoms with van der Waals surface area (Å²) in [5, 5.41) is 63.9. The van der Waals surface area contributed by atoms with E-state index in [0.29, 0.717) is 12.8 Å². The fourth-order valence-corrected chi connectivity index (χ4v) is 11.3. The van der Waals surface area contributed by atoms with Crippen LogP contribution in [-0.2, 0) is 28.5 Å². The Balaban J connectivity index is 1.13. The molecular weight excluding hydrogens is 636 g/mol. The van der Waals surface area contributed by atoms with Crippen molar-refractivity contribution < 1.29 is 59.1 Å². The lowest BCUT2D eigenvalue weighted by atomic mass is 9.51. The van der Waals surface area contributed by atoms with E-state index >= 15 is 0 Å². The Morgan fingerprint density at radius 3 is 2.45 bits per heavy atom. The van der Waals surface area contributed by atoms with Crippen molar-refractivity contribution in [1.82, 2.24) is 0 Å². The van der Waals surface area contributed by atoms with Gasteiger partial charge in [0.2, 0.25) is 0 Å². The summed E-state index contributed by atoms with van der Waals surface area (Å²) in [6.45, 7) is 11.2. The minimum Gasteiger partial charge on any atom is -0.462 e. The molecule has 3 heterocycles. The SMILES string of the molecule is CC(=O)OC1CC2C3=CCC4CC(OC5OC(CO)C(O)C(O)C5O)CCC4(C)C3=CCC2(C)C1C1C(O)OC2C1OC(C)C2(O)C(C)C. The van der Waals surface area contributed by atoms with Gasteiger partial charge >= 0.3 is 5.97 Å². The second-order valence-electron chi connectivity index (χ2n) is 16.8. The maximum Gasteiger partial charge on any atom is 0.302 e. The average molecular weight is 693 g/mol. The zero-order valence-electron chi connectivity index (χ0n) is 29.5. The molecule has 7 rings (SSSR count). The second kappa shape index (κ2) is 12.6. The van der Waals surface area contributed by atoms with E-state index in [1.807, 2.05) is 20.8 Å². The molecule has 0 aromatic carbocycles. The third-order valence-corrected chi connectivity index (χ3v) is 14.1. The third kappa shape index (κ3) is 5.34. The molecule has 276 valence electrons. The van der Waals surface area contributed by atoms with E-state index in [2.05, 4.69) is 26.0 Å². The number of hydrogen-bond acceptors (Lipinski definition) is 12. The highest BCUT2D eigenvalue weighted by Gasteiger charge is 2.70. The quantitative estimate of drug-likeness (QED) is 0.222. The summed E-state index contributed by atoms with van der Waals surface area (Å²) in [6.07, 6.45) is -0.962. The summed E-state index contributed by atoms with van der Waals surface area (Å²) in [7, 11) is 0. The molecular formula is C37H56O12. The number of carbonyl (C=O) groups excluding carboxylic acids is 1. The number of ether oxygens (including phenoxy) is 5. The number of carbonyl (C=O) groups is 1. The summed E-state index contributed by atoms with van der Waals surface area (Å²) in [4.78, 5) is 12.5. The van der Waals surface area contributed by atoms with E-state index in [1.165, 1.54) is 18.1 Å². The number of aliphatic hydroxyl groups excluding tert-OH is 5. The minimum atomic E-state index is -1.48. The summed E-state index contributed by atoms with van der Waals surface area (Å²) >= 11 is 0. The van der Waals surface area contributed by atoms with Crippen molar-refractivity contribution in [2.24, 2.45) is 40.4 Å². The zero-order valence-corrected chi connectivity index (χ0v) is 29.5. The van der Waals surface area contributed by atoms with Crippen LogP contribution in [0.3, 0.4) is 0 Å². The van der Waals surface area contributed by atoms with Crippen molar-refractivity contribution in [3.8, 4) is 0 Å². The highest BCUT2D eigenvalue weighted by Crippen LogP contribution is 2.67. The van der Waals surface area contributed by atoms with Gasteiger partial charge in [-0.15, -0.1) is 0 Å². The predicted molar refractivity (Wildman–Crippen MR) is 173 cm³/mol. The molecule has 0 amide bonds. The molecule has 12 nitrogen and oxygen atoms in total. The van der Waals surface area contributed by atoms with Crippen LogP contribution in [0.2, 0.25) is 0 Å². The van der Waals surface area contributed by atoms with Crippen molar-refractivity contribution in [3.63, 3.8) is 0 Å². The molecule has 12 heteroatoms.